The van der Waals surface area contributed by atoms with Gasteiger partial charge in [0.1, 0.15) is 0 Å². The van der Waals surface area contributed by atoms with Crippen molar-refractivity contribution in [2.75, 3.05) is 23.7 Å². The fourth-order valence-electron chi connectivity index (χ4n) is 2.66. The Morgan fingerprint density at radius 1 is 1.10 bits per heavy atom. The van der Waals surface area contributed by atoms with Crippen molar-refractivity contribution < 1.29 is 9.59 Å². The second-order valence-electron chi connectivity index (χ2n) is 6.08. The van der Waals surface area contributed by atoms with Gasteiger partial charge < -0.3 is 16.0 Å². The van der Waals surface area contributed by atoms with Crippen molar-refractivity contribution in [2.24, 2.45) is 17.8 Å². The fourth-order valence-corrected chi connectivity index (χ4v) is 2.66. The molecule has 5 nitrogen and oxygen atoms in total. The zero-order valence-corrected chi connectivity index (χ0v) is 12.2. The fraction of sp³-hybridized carbons (Fsp3) is 0.500. The molecule has 1 heterocycles. The highest BCUT2D eigenvalue weighted by Gasteiger charge is 2.30. The Morgan fingerprint density at radius 2 is 1.76 bits per heavy atom. The van der Waals surface area contributed by atoms with Gasteiger partial charge in [-0.3, -0.25) is 9.59 Å². The summed E-state index contributed by atoms with van der Waals surface area (Å²) in [5.41, 5.74) is 1.47. The number of rotatable bonds is 4. The van der Waals surface area contributed by atoms with Gasteiger partial charge in [0.25, 0.3) is 0 Å². The number of amides is 2. The zero-order chi connectivity index (χ0) is 14.8. The van der Waals surface area contributed by atoms with Crippen LogP contribution in [-0.2, 0) is 9.59 Å². The van der Waals surface area contributed by atoms with E-state index in [1.807, 2.05) is 24.3 Å². The Labute approximate surface area is 124 Å². The standard InChI is InChI=1S/C16H21N3O2/c1-10-8-17-9-14(10)16(21)19-13-4-2-3-12(7-13)18-15(20)11-5-6-11/h2-4,7,10-11,14,17H,5-6,8-9H2,1H3,(H,18,20)(H,19,21)/t10-,14-/m1/s1. The molecular weight excluding hydrogens is 266 g/mol. The van der Waals surface area contributed by atoms with Gasteiger partial charge in [-0.15, -0.1) is 0 Å². The zero-order valence-electron chi connectivity index (χ0n) is 12.2. The third-order valence-electron chi connectivity index (χ3n) is 4.20. The van der Waals surface area contributed by atoms with Gasteiger partial charge >= 0.3 is 0 Å². The monoisotopic (exact) mass is 287 g/mol. The summed E-state index contributed by atoms with van der Waals surface area (Å²) in [5, 5.41) is 9.06. The van der Waals surface area contributed by atoms with E-state index in [0.29, 0.717) is 5.92 Å². The average Bonchev–Trinajstić information content (AvgIpc) is 3.21. The molecule has 0 spiro atoms. The summed E-state index contributed by atoms with van der Waals surface area (Å²) >= 11 is 0. The first kappa shape index (κ1) is 14.1. The van der Waals surface area contributed by atoms with Crippen LogP contribution in [0.4, 0.5) is 11.4 Å². The highest BCUT2D eigenvalue weighted by Crippen LogP contribution is 2.30. The van der Waals surface area contributed by atoms with Crippen molar-refractivity contribution in [1.29, 1.82) is 0 Å². The normalized spacial score (nSPS) is 24.6. The molecule has 1 aromatic carbocycles. The Hall–Kier alpha value is -1.88. The van der Waals surface area contributed by atoms with Gasteiger partial charge in [0.2, 0.25) is 11.8 Å². The third kappa shape index (κ3) is 3.42. The number of benzene rings is 1. The SMILES string of the molecule is C[C@@H]1CNC[C@H]1C(=O)Nc1cccc(NC(=O)C2CC2)c1. The average molecular weight is 287 g/mol. The topological polar surface area (TPSA) is 70.2 Å². The van der Waals surface area contributed by atoms with Gasteiger partial charge in [0.05, 0.1) is 5.92 Å². The lowest BCUT2D eigenvalue weighted by atomic mass is 9.97. The molecule has 2 fully saturated rings. The van der Waals surface area contributed by atoms with E-state index < -0.39 is 0 Å². The maximum absolute atomic E-state index is 12.2. The largest absolute Gasteiger partial charge is 0.326 e. The minimum atomic E-state index is 0.00899. The van der Waals surface area contributed by atoms with Crippen LogP contribution in [0, 0.1) is 17.8 Å². The molecule has 1 saturated heterocycles. The molecule has 2 atom stereocenters. The molecule has 112 valence electrons. The van der Waals surface area contributed by atoms with Crippen LogP contribution in [0.2, 0.25) is 0 Å². The minimum Gasteiger partial charge on any atom is -0.326 e. The highest BCUT2D eigenvalue weighted by molar-refractivity contribution is 5.96. The first-order chi connectivity index (χ1) is 10.1. The minimum absolute atomic E-state index is 0.00899. The van der Waals surface area contributed by atoms with E-state index in [1.165, 1.54) is 0 Å². The van der Waals surface area contributed by atoms with E-state index in [1.54, 1.807) is 0 Å². The molecule has 1 aromatic rings. The molecule has 0 bridgehead atoms. The Balaban J connectivity index is 1.62. The molecule has 0 aromatic heterocycles. The smallest absolute Gasteiger partial charge is 0.229 e. The van der Waals surface area contributed by atoms with Gasteiger partial charge in [-0.05, 0) is 43.5 Å². The summed E-state index contributed by atoms with van der Waals surface area (Å²) < 4.78 is 0. The lowest BCUT2D eigenvalue weighted by Gasteiger charge is -2.15. The van der Waals surface area contributed by atoms with Gasteiger partial charge in [-0.2, -0.15) is 0 Å². The van der Waals surface area contributed by atoms with Crippen molar-refractivity contribution in [1.82, 2.24) is 5.32 Å². The molecule has 5 heteroatoms. The third-order valence-corrected chi connectivity index (χ3v) is 4.20. The highest BCUT2D eigenvalue weighted by atomic mass is 16.2. The van der Waals surface area contributed by atoms with E-state index in [-0.39, 0.29) is 23.7 Å². The molecule has 1 saturated carbocycles. The summed E-state index contributed by atoms with van der Waals surface area (Å²) in [6.45, 7) is 3.69. The van der Waals surface area contributed by atoms with Crippen LogP contribution in [0.3, 0.4) is 0 Å². The molecule has 3 N–H and O–H groups in total. The molecule has 1 aliphatic carbocycles. The van der Waals surface area contributed by atoms with E-state index in [4.69, 9.17) is 0 Å². The first-order valence-corrected chi connectivity index (χ1v) is 7.56. The predicted octanol–water partition coefficient (Wildman–Crippen LogP) is 1.83. The molecular formula is C16H21N3O2. The van der Waals surface area contributed by atoms with Gasteiger partial charge in [-0.1, -0.05) is 13.0 Å². The second-order valence-corrected chi connectivity index (χ2v) is 6.08. The van der Waals surface area contributed by atoms with Gasteiger partial charge in [0.15, 0.2) is 0 Å². The van der Waals surface area contributed by atoms with E-state index in [2.05, 4.69) is 22.9 Å². The Morgan fingerprint density at radius 3 is 2.33 bits per heavy atom. The van der Waals surface area contributed by atoms with Crippen LogP contribution >= 0.6 is 0 Å². The molecule has 2 aliphatic rings. The van der Waals surface area contributed by atoms with Gasteiger partial charge in [0, 0.05) is 23.8 Å². The summed E-state index contributed by atoms with van der Waals surface area (Å²) in [4.78, 5) is 24.0. The predicted molar refractivity (Wildman–Crippen MR) is 81.9 cm³/mol. The molecule has 0 radical (unpaired) electrons. The molecule has 0 unspecified atom stereocenters. The van der Waals surface area contributed by atoms with Crippen LogP contribution in [-0.4, -0.2) is 24.9 Å². The van der Waals surface area contributed by atoms with E-state index in [0.717, 1.165) is 37.3 Å². The van der Waals surface area contributed by atoms with Crippen molar-refractivity contribution in [3.63, 3.8) is 0 Å². The van der Waals surface area contributed by atoms with Crippen LogP contribution in [0.15, 0.2) is 24.3 Å². The summed E-state index contributed by atoms with van der Waals surface area (Å²) in [7, 11) is 0. The maximum atomic E-state index is 12.2. The number of hydrogen-bond acceptors (Lipinski definition) is 3. The summed E-state index contributed by atoms with van der Waals surface area (Å²) in [5.74, 6) is 0.649. The molecule has 3 rings (SSSR count). The number of carbonyl (C=O) groups is 2. The molecule has 21 heavy (non-hydrogen) atoms. The van der Waals surface area contributed by atoms with Crippen molar-refractivity contribution in [3.05, 3.63) is 24.3 Å². The quantitative estimate of drug-likeness (QED) is 0.791. The van der Waals surface area contributed by atoms with Crippen LogP contribution in [0.25, 0.3) is 0 Å². The molecule has 2 amide bonds. The summed E-state index contributed by atoms with van der Waals surface area (Å²) in [6.07, 6.45) is 1.96. The first-order valence-electron chi connectivity index (χ1n) is 7.56. The number of hydrogen-bond donors (Lipinski definition) is 3. The number of carbonyl (C=O) groups excluding carboxylic acids is 2. The van der Waals surface area contributed by atoms with Crippen molar-refractivity contribution in [3.8, 4) is 0 Å². The van der Waals surface area contributed by atoms with Crippen LogP contribution < -0.4 is 16.0 Å². The van der Waals surface area contributed by atoms with Crippen LogP contribution in [0.1, 0.15) is 19.8 Å². The second kappa shape index (κ2) is 5.85. The number of anilines is 2. The van der Waals surface area contributed by atoms with E-state index >= 15 is 0 Å². The van der Waals surface area contributed by atoms with Crippen molar-refractivity contribution >= 4 is 23.2 Å². The Kier molecular flexibility index (Phi) is 3.92. The lowest BCUT2D eigenvalue weighted by Crippen LogP contribution is -2.27. The lowest BCUT2D eigenvalue weighted by molar-refractivity contribution is -0.120. The van der Waals surface area contributed by atoms with Gasteiger partial charge in [-0.25, -0.2) is 0 Å². The van der Waals surface area contributed by atoms with Crippen molar-refractivity contribution in [2.45, 2.75) is 19.8 Å². The Bertz CT molecular complexity index is 554. The van der Waals surface area contributed by atoms with Crippen LogP contribution in [0.5, 0.6) is 0 Å². The maximum Gasteiger partial charge on any atom is 0.229 e. The van der Waals surface area contributed by atoms with E-state index in [9.17, 15) is 9.59 Å². The number of nitrogens with one attached hydrogen (secondary N) is 3. The summed E-state index contributed by atoms with van der Waals surface area (Å²) in [6, 6.07) is 7.34. The molecule has 1 aliphatic heterocycles.